The number of hydrogen-bond acceptors (Lipinski definition) is 2. The van der Waals surface area contributed by atoms with Gasteiger partial charge >= 0.3 is 0 Å². The van der Waals surface area contributed by atoms with Gasteiger partial charge in [-0.25, -0.2) is 0 Å². The number of halogens is 1. The van der Waals surface area contributed by atoms with Crippen molar-refractivity contribution in [3.05, 3.63) is 63.6 Å². The minimum Gasteiger partial charge on any atom is -0.326 e. The Hall–Kier alpha value is -2.40. The van der Waals surface area contributed by atoms with Crippen molar-refractivity contribution >= 4 is 44.7 Å². The first-order chi connectivity index (χ1) is 14.1. The van der Waals surface area contributed by atoms with Gasteiger partial charge in [-0.05, 0) is 91.1 Å². The Kier molecular flexibility index (Phi) is 6.14. The molecule has 0 atom stereocenters. The molecule has 0 radical (unpaired) electrons. The zero-order chi connectivity index (χ0) is 20.2. The van der Waals surface area contributed by atoms with Gasteiger partial charge in [-0.1, -0.05) is 28.1 Å². The number of nitrogens with one attached hydrogen (secondary N) is 2. The average molecular weight is 453 g/mol. The number of carbonyl (C=O) groups excluding carboxylic acids is 2. The molecule has 5 heteroatoms. The molecule has 2 aliphatic heterocycles. The van der Waals surface area contributed by atoms with Crippen LogP contribution in [0.2, 0.25) is 0 Å². The summed E-state index contributed by atoms with van der Waals surface area (Å²) in [5, 5.41) is 5.76. The van der Waals surface area contributed by atoms with Gasteiger partial charge in [-0.3, -0.25) is 9.59 Å². The van der Waals surface area contributed by atoms with Crippen molar-refractivity contribution in [2.24, 2.45) is 0 Å². The van der Waals surface area contributed by atoms with Crippen LogP contribution in [0.3, 0.4) is 0 Å². The number of benzene rings is 2. The van der Waals surface area contributed by atoms with Gasteiger partial charge in [0.15, 0.2) is 0 Å². The Morgan fingerprint density at radius 2 is 1.38 bits per heavy atom. The monoisotopic (exact) mass is 452 g/mol. The molecule has 2 N–H and O–H groups in total. The van der Waals surface area contributed by atoms with Gasteiger partial charge in [0, 0.05) is 28.7 Å². The molecule has 0 saturated heterocycles. The van der Waals surface area contributed by atoms with Crippen molar-refractivity contribution in [2.75, 3.05) is 10.6 Å². The predicted octanol–water partition coefficient (Wildman–Crippen LogP) is 5.86. The van der Waals surface area contributed by atoms with E-state index in [0.29, 0.717) is 12.8 Å². The highest BCUT2D eigenvalue weighted by molar-refractivity contribution is 9.10. The third-order valence-electron chi connectivity index (χ3n) is 5.63. The molecule has 4 nitrogen and oxygen atoms in total. The topological polar surface area (TPSA) is 58.2 Å². The first-order valence-electron chi connectivity index (χ1n) is 10.3. The van der Waals surface area contributed by atoms with Gasteiger partial charge in [0.1, 0.15) is 0 Å². The summed E-state index contributed by atoms with van der Waals surface area (Å²) in [6.07, 6.45) is 10.4. The lowest BCUT2D eigenvalue weighted by atomic mass is 9.91. The zero-order valence-electron chi connectivity index (χ0n) is 16.4. The standard InChI is InChI=1S/C15H17NO.C9H8BrNO/c17-15-9-7-13-10-12(6-8-14(13)16-15)11-4-2-1-3-5-11;10-7-2-3-8-6(5-7)1-4-9(12)11-8/h4,6,8,10H,1-3,5,7,9H2,(H,16,17);2-3,5H,1,4H2,(H,11,12). The molecule has 3 aliphatic rings. The SMILES string of the molecule is O=C1CCc2cc(Br)ccc2N1.O=C1CCc2cc(C3=CCCCC3)ccc2N1. The van der Waals surface area contributed by atoms with Gasteiger partial charge in [0.05, 0.1) is 0 Å². The quantitative estimate of drug-likeness (QED) is 0.568. The lowest BCUT2D eigenvalue weighted by Crippen LogP contribution is -2.18. The molecule has 0 bridgehead atoms. The Bertz CT molecular complexity index is 981. The van der Waals surface area contributed by atoms with E-state index in [0.717, 1.165) is 28.7 Å². The van der Waals surface area contributed by atoms with Crippen LogP contribution in [0, 0.1) is 0 Å². The second-order valence-electron chi connectivity index (χ2n) is 7.74. The molecule has 2 aromatic rings. The maximum Gasteiger partial charge on any atom is 0.224 e. The van der Waals surface area contributed by atoms with Crippen LogP contribution in [0.1, 0.15) is 55.2 Å². The van der Waals surface area contributed by atoms with E-state index < -0.39 is 0 Å². The van der Waals surface area contributed by atoms with Crippen molar-refractivity contribution in [3.8, 4) is 0 Å². The fraction of sp³-hybridized carbons (Fsp3) is 0.333. The summed E-state index contributed by atoms with van der Waals surface area (Å²) in [6.45, 7) is 0. The highest BCUT2D eigenvalue weighted by Crippen LogP contribution is 2.31. The average Bonchev–Trinajstić information content (AvgIpc) is 2.75. The Balaban J connectivity index is 0.000000150. The Morgan fingerprint density at radius 3 is 2.03 bits per heavy atom. The van der Waals surface area contributed by atoms with Crippen molar-refractivity contribution in [3.63, 3.8) is 0 Å². The van der Waals surface area contributed by atoms with E-state index in [4.69, 9.17) is 0 Å². The number of aryl methyl sites for hydroxylation is 2. The van der Waals surface area contributed by atoms with Crippen LogP contribution in [0.4, 0.5) is 11.4 Å². The molecular weight excluding hydrogens is 428 g/mol. The fourth-order valence-electron chi connectivity index (χ4n) is 4.04. The third-order valence-corrected chi connectivity index (χ3v) is 6.12. The molecule has 0 spiro atoms. The Morgan fingerprint density at radius 1 is 0.724 bits per heavy atom. The normalized spacial score (nSPS) is 17.6. The molecular formula is C24H25BrN2O2. The number of fused-ring (bicyclic) bond motifs is 2. The van der Waals surface area contributed by atoms with E-state index in [1.165, 1.54) is 47.9 Å². The summed E-state index contributed by atoms with van der Waals surface area (Å²) in [4.78, 5) is 22.3. The molecule has 0 aromatic heterocycles. The molecule has 0 unspecified atom stereocenters. The summed E-state index contributed by atoms with van der Waals surface area (Å²) in [5.41, 5.74) is 7.28. The third kappa shape index (κ3) is 4.96. The predicted molar refractivity (Wildman–Crippen MR) is 121 cm³/mol. The smallest absolute Gasteiger partial charge is 0.224 e. The first kappa shape index (κ1) is 19.9. The fourth-order valence-corrected chi connectivity index (χ4v) is 4.44. The second kappa shape index (κ2) is 8.95. The molecule has 5 rings (SSSR count). The lowest BCUT2D eigenvalue weighted by Gasteiger charge is -2.19. The van der Waals surface area contributed by atoms with Gasteiger partial charge in [0.25, 0.3) is 0 Å². The van der Waals surface area contributed by atoms with E-state index in [-0.39, 0.29) is 11.8 Å². The Labute approximate surface area is 179 Å². The minimum atomic E-state index is 0.116. The first-order valence-corrected chi connectivity index (χ1v) is 11.1. The van der Waals surface area contributed by atoms with E-state index in [1.807, 2.05) is 12.1 Å². The molecule has 2 heterocycles. The maximum atomic E-state index is 11.3. The molecule has 29 heavy (non-hydrogen) atoms. The summed E-state index contributed by atoms with van der Waals surface area (Å²) < 4.78 is 1.07. The van der Waals surface area contributed by atoms with Crippen molar-refractivity contribution < 1.29 is 9.59 Å². The van der Waals surface area contributed by atoms with Crippen molar-refractivity contribution in [1.29, 1.82) is 0 Å². The summed E-state index contributed by atoms with van der Waals surface area (Å²) >= 11 is 3.39. The summed E-state index contributed by atoms with van der Waals surface area (Å²) in [5.74, 6) is 0.256. The van der Waals surface area contributed by atoms with Gasteiger partial charge in [0.2, 0.25) is 11.8 Å². The molecule has 0 fully saturated rings. The van der Waals surface area contributed by atoms with Crippen LogP contribution < -0.4 is 10.6 Å². The number of anilines is 2. The molecule has 150 valence electrons. The van der Waals surface area contributed by atoms with E-state index in [2.05, 4.69) is 56.9 Å². The van der Waals surface area contributed by atoms with Crippen LogP contribution >= 0.6 is 15.9 Å². The molecule has 2 aromatic carbocycles. The van der Waals surface area contributed by atoms with Crippen LogP contribution in [-0.2, 0) is 22.4 Å². The maximum absolute atomic E-state index is 11.3. The number of allylic oxidation sites excluding steroid dienone is 2. The highest BCUT2D eigenvalue weighted by atomic mass is 79.9. The van der Waals surface area contributed by atoms with E-state index in [9.17, 15) is 9.59 Å². The summed E-state index contributed by atoms with van der Waals surface area (Å²) in [6, 6.07) is 12.4. The van der Waals surface area contributed by atoms with Crippen LogP contribution in [0.25, 0.3) is 5.57 Å². The van der Waals surface area contributed by atoms with Gasteiger partial charge in [-0.15, -0.1) is 0 Å². The van der Waals surface area contributed by atoms with Gasteiger partial charge in [-0.2, -0.15) is 0 Å². The number of amides is 2. The zero-order valence-corrected chi connectivity index (χ0v) is 18.0. The summed E-state index contributed by atoms with van der Waals surface area (Å²) in [7, 11) is 0. The van der Waals surface area contributed by atoms with E-state index >= 15 is 0 Å². The molecule has 0 saturated carbocycles. The largest absolute Gasteiger partial charge is 0.326 e. The van der Waals surface area contributed by atoms with E-state index in [1.54, 1.807) is 0 Å². The molecule has 2 amide bonds. The van der Waals surface area contributed by atoms with Gasteiger partial charge < -0.3 is 10.6 Å². The van der Waals surface area contributed by atoms with Crippen LogP contribution in [-0.4, -0.2) is 11.8 Å². The van der Waals surface area contributed by atoms with Crippen molar-refractivity contribution in [1.82, 2.24) is 0 Å². The van der Waals surface area contributed by atoms with Crippen LogP contribution in [0.15, 0.2) is 46.9 Å². The number of carbonyl (C=O) groups is 2. The lowest BCUT2D eigenvalue weighted by molar-refractivity contribution is -0.117. The molecule has 1 aliphatic carbocycles. The minimum absolute atomic E-state index is 0.116. The number of rotatable bonds is 1. The number of hydrogen-bond donors (Lipinski definition) is 2. The van der Waals surface area contributed by atoms with Crippen LogP contribution in [0.5, 0.6) is 0 Å². The second-order valence-corrected chi connectivity index (χ2v) is 8.66. The highest BCUT2D eigenvalue weighted by Gasteiger charge is 2.16. The van der Waals surface area contributed by atoms with Crippen molar-refractivity contribution in [2.45, 2.75) is 51.4 Å².